The number of pyridine rings is 1. The van der Waals surface area contributed by atoms with Crippen molar-refractivity contribution in [1.82, 2.24) is 4.98 Å². The van der Waals surface area contributed by atoms with Crippen LogP contribution in [0.4, 0.5) is 20.4 Å². The monoisotopic (exact) mass is 410 g/mol. The predicted octanol–water partition coefficient (Wildman–Crippen LogP) is 4.47. The lowest BCUT2D eigenvalue weighted by Crippen LogP contribution is -2.07. The van der Waals surface area contributed by atoms with Crippen LogP contribution in [0.25, 0.3) is 0 Å². The first-order valence-corrected chi connectivity index (χ1v) is 9.07. The molecule has 0 bridgehead atoms. The standard InChI is InChI=1S/C22H20F2N4O2/c1-29-19-6-3-14(9-17(19)23)12-26-21-8-5-16(11-25)22(28-21)27-13-15-4-7-20(30-2)18(24)10-15/h3-10H,12-13H2,1-2H3,(H2,26,27,28). The molecule has 0 atom stereocenters. The number of halogens is 2. The zero-order valence-corrected chi connectivity index (χ0v) is 16.5. The smallest absolute Gasteiger partial charge is 0.165 e. The number of ether oxygens (including phenoxy) is 2. The number of rotatable bonds is 8. The van der Waals surface area contributed by atoms with E-state index in [0.29, 0.717) is 34.9 Å². The molecule has 0 aliphatic heterocycles. The minimum absolute atomic E-state index is 0.163. The second-order valence-electron chi connectivity index (χ2n) is 6.35. The van der Waals surface area contributed by atoms with Crippen molar-refractivity contribution in [3.05, 3.63) is 76.9 Å². The molecule has 3 aromatic rings. The lowest BCUT2D eigenvalue weighted by Gasteiger charge is -2.12. The van der Waals surface area contributed by atoms with Gasteiger partial charge in [-0.3, -0.25) is 0 Å². The molecule has 0 unspecified atom stereocenters. The number of aromatic nitrogens is 1. The highest BCUT2D eigenvalue weighted by atomic mass is 19.1. The molecular formula is C22H20F2N4O2. The summed E-state index contributed by atoms with van der Waals surface area (Å²) in [4.78, 5) is 4.40. The maximum absolute atomic E-state index is 13.9. The zero-order valence-electron chi connectivity index (χ0n) is 16.5. The molecule has 3 rings (SSSR count). The molecular weight excluding hydrogens is 390 g/mol. The summed E-state index contributed by atoms with van der Waals surface area (Å²) in [6.07, 6.45) is 0. The van der Waals surface area contributed by atoms with Gasteiger partial charge in [-0.15, -0.1) is 0 Å². The van der Waals surface area contributed by atoms with Crippen molar-refractivity contribution in [1.29, 1.82) is 5.26 Å². The van der Waals surface area contributed by atoms with E-state index in [4.69, 9.17) is 9.47 Å². The highest BCUT2D eigenvalue weighted by molar-refractivity contribution is 5.57. The van der Waals surface area contributed by atoms with Gasteiger partial charge in [-0.05, 0) is 47.5 Å². The van der Waals surface area contributed by atoms with Crippen molar-refractivity contribution in [3.63, 3.8) is 0 Å². The fraction of sp³-hybridized carbons (Fsp3) is 0.182. The van der Waals surface area contributed by atoms with Crippen LogP contribution in [0.1, 0.15) is 16.7 Å². The minimum Gasteiger partial charge on any atom is -0.494 e. The van der Waals surface area contributed by atoms with Crippen molar-refractivity contribution < 1.29 is 18.3 Å². The number of hydrogen-bond donors (Lipinski definition) is 2. The second kappa shape index (κ2) is 9.56. The molecule has 30 heavy (non-hydrogen) atoms. The van der Waals surface area contributed by atoms with E-state index in [-0.39, 0.29) is 18.0 Å². The van der Waals surface area contributed by atoms with Gasteiger partial charge in [0.2, 0.25) is 0 Å². The quantitative estimate of drug-likeness (QED) is 0.570. The molecule has 2 aromatic carbocycles. The summed E-state index contributed by atoms with van der Waals surface area (Å²) in [5, 5.41) is 15.5. The van der Waals surface area contributed by atoms with Crippen LogP contribution in [0.2, 0.25) is 0 Å². The average Bonchev–Trinajstić information content (AvgIpc) is 2.76. The second-order valence-corrected chi connectivity index (χ2v) is 6.35. The van der Waals surface area contributed by atoms with Crippen molar-refractivity contribution in [2.75, 3.05) is 24.9 Å². The lowest BCUT2D eigenvalue weighted by atomic mass is 10.2. The molecule has 0 aliphatic carbocycles. The van der Waals surface area contributed by atoms with Gasteiger partial charge in [0.1, 0.15) is 17.7 Å². The van der Waals surface area contributed by atoms with Crippen LogP contribution in [0.15, 0.2) is 48.5 Å². The van der Waals surface area contributed by atoms with Gasteiger partial charge in [-0.25, -0.2) is 13.8 Å². The predicted molar refractivity (Wildman–Crippen MR) is 110 cm³/mol. The van der Waals surface area contributed by atoms with Gasteiger partial charge >= 0.3 is 0 Å². The minimum atomic E-state index is -0.465. The van der Waals surface area contributed by atoms with E-state index in [9.17, 15) is 14.0 Å². The molecule has 0 amide bonds. The number of benzene rings is 2. The first kappa shape index (κ1) is 20.9. The number of anilines is 2. The molecule has 0 radical (unpaired) electrons. The van der Waals surface area contributed by atoms with E-state index in [1.807, 2.05) is 0 Å². The first-order valence-electron chi connectivity index (χ1n) is 9.07. The summed E-state index contributed by atoms with van der Waals surface area (Å²) in [7, 11) is 2.81. The van der Waals surface area contributed by atoms with E-state index in [0.717, 1.165) is 0 Å². The van der Waals surface area contributed by atoms with E-state index in [1.165, 1.54) is 32.4 Å². The Labute approximate surface area is 173 Å². The molecule has 8 heteroatoms. The van der Waals surface area contributed by atoms with Crippen molar-refractivity contribution in [2.45, 2.75) is 13.1 Å². The third-order valence-electron chi connectivity index (χ3n) is 4.38. The van der Waals surface area contributed by atoms with E-state index < -0.39 is 11.6 Å². The van der Waals surface area contributed by atoms with Gasteiger partial charge < -0.3 is 20.1 Å². The fourth-order valence-electron chi connectivity index (χ4n) is 2.80. The number of methoxy groups -OCH3 is 2. The molecule has 0 saturated carbocycles. The van der Waals surface area contributed by atoms with Crippen LogP contribution in [0.3, 0.4) is 0 Å². The Kier molecular flexibility index (Phi) is 6.65. The van der Waals surface area contributed by atoms with Gasteiger partial charge in [-0.1, -0.05) is 12.1 Å². The van der Waals surface area contributed by atoms with Gasteiger partial charge in [0.05, 0.1) is 19.8 Å². The average molecular weight is 410 g/mol. The molecule has 6 nitrogen and oxygen atoms in total. The number of nitrogens with zero attached hydrogens (tertiary/aromatic N) is 2. The fourth-order valence-corrected chi connectivity index (χ4v) is 2.80. The molecule has 0 aliphatic rings. The van der Waals surface area contributed by atoms with Gasteiger partial charge in [0, 0.05) is 13.1 Å². The van der Waals surface area contributed by atoms with Crippen LogP contribution in [-0.4, -0.2) is 19.2 Å². The molecule has 1 aromatic heterocycles. The van der Waals surface area contributed by atoms with Crippen molar-refractivity contribution in [3.8, 4) is 17.6 Å². The van der Waals surface area contributed by atoms with Crippen molar-refractivity contribution >= 4 is 11.6 Å². The molecule has 0 saturated heterocycles. The lowest BCUT2D eigenvalue weighted by molar-refractivity contribution is 0.386. The van der Waals surface area contributed by atoms with E-state index in [1.54, 1.807) is 30.3 Å². The Balaban J connectivity index is 1.69. The summed E-state index contributed by atoms with van der Waals surface area (Å²) in [6.45, 7) is 0.610. The maximum Gasteiger partial charge on any atom is 0.165 e. The Morgan fingerprint density at radius 1 is 0.867 bits per heavy atom. The van der Waals surface area contributed by atoms with Crippen LogP contribution in [0.5, 0.6) is 11.5 Å². The third kappa shape index (κ3) is 4.94. The maximum atomic E-state index is 13.9. The first-order chi connectivity index (χ1) is 14.5. The Hall–Kier alpha value is -3.86. The summed E-state index contributed by atoms with van der Waals surface area (Å²) >= 11 is 0. The van der Waals surface area contributed by atoms with Crippen LogP contribution in [-0.2, 0) is 13.1 Å². The van der Waals surface area contributed by atoms with Gasteiger partial charge in [0.25, 0.3) is 0 Å². The summed E-state index contributed by atoms with van der Waals surface area (Å²) in [5.41, 5.74) is 1.73. The van der Waals surface area contributed by atoms with Crippen molar-refractivity contribution in [2.24, 2.45) is 0 Å². The molecule has 2 N–H and O–H groups in total. The topological polar surface area (TPSA) is 79.2 Å². The highest BCUT2D eigenvalue weighted by Gasteiger charge is 2.09. The molecule has 0 spiro atoms. The van der Waals surface area contributed by atoms with Crippen LogP contribution in [0, 0.1) is 23.0 Å². The number of nitriles is 1. The van der Waals surface area contributed by atoms with E-state index >= 15 is 0 Å². The normalized spacial score (nSPS) is 10.2. The third-order valence-corrected chi connectivity index (χ3v) is 4.38. The summed E-state index contributed by atoms with van der Waals surface area (Å²) < 4.78 is 37.5. The highest BCUT2D eigenvalue weighted by Crippen LogP contribution is 2.21. The molecule has 0 fully saturated rings. The summed E-state index contributed by atoms with van der Waals surface area (Å²) in [5.74, 6) is 0.298. The van der Waals surface area contributed by atoms with Crippen LogP contribution < -0.4 is 20.1 Å². The SMILES string of the molecule is COc1ccc(CNc2ccc(C#N)c(NCc3ccc(OC)c(F)c3)n2)cc1F. The molecule has 1 heterocycles. The van der Waals surface area contributed by atoms with Crippen LogP contribution >= 0.6 is 0 Å². The summed E-state index contributed by atoms with van der Waals surface area (Å²) in [6, 6.07) is 14.7. The number of hydrogen-bond acceptors (Lipinski definition) is 6. The van der Waals surface area contributed by atoms with E-state index in [2.05, 4.69) is 21.7 Å². The Bertz CT molecular complexity index is 1080. The molecule has 154 valence electrons. The number of nitrogens with one attached hydrogen (secondary N) is 2. The largest absolute Gasteiger partial charge is 0.494 e. The van der Waals surface area contributed by atoms with Gasteiger partial charge in [-0.2, -0.15) is 5.26 Å². The van der Waals surface area contributed by atoms with Gasteiger partial charge in [0.15, 0.2) is 23.1 Å². The zero-order chi connectivity index (χ0) is 21.5. The Morgan fingerprint density at radius 3 is 1.93 bits per heavy atom. The Morgan fingerprint density at radius 2 is 1.43 bits per heavy atom.